The van der Waals surface area contributed by atoms with Gasteiger partial charge >= 0.3 is 0 Å². The van der Waals surface area contributed by atoms with Gasteiger partial charge in [0, 0.05) is 5.69 Å². The van der Waals surface area contributed by atoms with Gasteiger partial charge in [0.1, 0.15) is 5.82 Å². The zero-order valence-corrected chi connectivity index (χ0v) is 15.5. The maximum atomic E-state index is 12.4. The largest absolute Gasteiger partial charge is 0.325 e. The molecule has 6 nitrogen and oxygen atoms in total. The first-order chi connectivity index (χ1) is 13.6. The molecule has 1 heterocycles. The van der Waals surface area contributed by atoms with E-state index in [0.29, 0.717) is 23.3 Å². The van der Waals surface area contributed by atoms with Crippen molar-refractivity contribution in [1.29, 1.82) is 0 Å². The summed E-state index contributed by atoms with van der Waals surface area (Å²) in [5, 5.41) is 5.68. The van der Waals surface area contributed by atoms with Crippen molar-refractivity contribution in [3.63, 3.8) is 0 Å². The number of benzene rings is 3. The van der Waals surface area contributed by atoms with E-state index < -0.39 is 0 Å². The van der Waals surface area contributed by atoms with E-state index in [2.05, 4.69) is 15.3 Å². The number of nitrogens with one attached hydrogen (secondary N) is 2. The molecule has 0 bridgehead atoms. The van der Waals surface area contributed by atoms with E-state index in [1.807, 2.05) is 66.5 Å². The number of rotatable bonds is 5. The number of para-hydroxylation sites is 1. The molecule has 0 aliphatic rings. The number of H-pyrrole nitrogens is 1. The fourth-order valence-corrected chi connectivity index (χ4v) is 3.23. The standard InChI is InChI=1S/C22H20N4O2/c1-26(13-20-24-19-9-5-4-8-18(19)22(28)25-20)14-21(27)23-17-11-10-15-6-2-3-7-16(15)12-17/h2-12H,13-14H2,1H3,(H,23,27)(H,24,25,28). The Morgan fingerprint density at radius 3 is 2.64 bits per heavy atom. The van der Waals surface area contributed by atoms with E-state index in [-0.39, 0.29) is 18.0 Å². The Balaban J connectivity index is 1.42. The minimum atomic E-state index is -0.172. The molecule has 3 aromatic carbocycles. The van der Waals surface area contributed by atoms with Crippen LogP contribution in [0.3, 0.4) is 0 Å². The summed E-state index contributed by atoms with van der Waals surface area (Å²) in [4.78, 5) is 33.6. The number of carbonyl (C=O) groups excluding carboxylic acids is 1. The van der Waals surface area contributed by atoms with Gasteiger partial charge in [-0.05, 0) is 42.1 Å². The lowest BCUT2D eigenvalue weighted by molar-refractivity contribution is -0.117. The van der Waals surface area contributed by atoms with Crippen LogP contribution >= 0.6 is 0 Å². The molecule has 1 aromatic heterocycles. The summed E-state index contributed by atoms with van der Waals surface area (Å²) in [5.74, 6) is 0.408. The second kappa shape index (κ2) is 7.62. The number of carbonyl (C=O) groups is 1. The molecule has 0 atom stereocenters. The summed E-state index contributed by atoms with van der Waals surface area (Å²) in [7, 11) is 1.81. The van der Waals surface area contributed by atoms with Gasteiger partial charge in [-0.25, -0.2) is 4.98 Å². The SMILES string of the molecule is CN(CC(=O)Nc1ccc2ccccc2c1)Cc1nc2ccccc2c(=O)[nH]1. The van der Waals surface area contributed by atoms with E-state index in [9.17, 15) is 9.59 Å². The Morgan fingerprint density at radius 1 is 1.04 bits per heavy atom. The molecule has 6 heteroatoms. The smallest absolute Gasteiger partial charge is 0.258 e. The molecular formula is C22H20N4O2. The third kappa shape index (κ3) is 3.92. The first-order valence-electron chi connectivity index (χ1n) is 9.03. The van der Waals surface area contributed by atoms with Crippen molar-refractivity contribution in [2.45, 2.75) is 6.54 Å². The molecule has 0 aliphatic carbocycles. The normalized spacial score (nSPS) is 11.2. The predicted octanol–water partition coefficient (Wildman–Crippen LogP) is 3.15. The minimum Gasteiger partial charge on any atom is -0.325 e. The number of hydrogen-bond donors (Lipinski definition) is 2. The number of anilines is 1. The zero-order valence-electron chi connectivity index (χ0n) is 15.5. The van der Waals surface area contributed by atoms with Gasteiger partial charge in [0.25, 0.3) is 5.56 Å². The van der Waals surface area contributed by atoms with Crippen molar-refractivity contribution in [2.75, 3.05) is 18.9 Å². The molecule has 140 valence electrons. The Kier molecular flexibility index (Phi) is 4.87. The van der Waals surface area contributed by atoms with E-state index in [0.717, 1.165) is 16.5 Å². The summed E-state index contributed by atoms with van der Waals surface area (Å²) in [5.41, 5.74) is 1.24. The fourth-order valence-electron chi connectivity index (χ4n) is 3.23. The third-order valence-electron chi connectivity index (χ3n) is 4.53. The number of aromatic amines is 1. The topological polar surface area (TPSA) is 78.1 Å². The molecule has 0 unspecified atom stereocenters. The maximum absolute atomic E-state index is 12.4. The molecule has 4 rings (SSSR count). The van der Waals surface area contributed by atoms with Gasteiger partial charge in [-0.3, -0.25) is 14.5 Å². The third-order valence-corrected chi connectivity index (χ3v) is 4.53. The number of aromatic nitrogens is 2. The number of nitrogens with zero attached hydrogens (tertiary/aromatic N) is 2. The molecule has 28 heavy (non-hydrogen) atoms. The number of amides is 1. The van der Waals surface area contributed by atoms with Crippen molar-refractivity contribution >= 4 is 33.3 Å². The molecule has 0 fully saturated rings. The van der Waals surface area contributed by atoms with E-state index in [1.54, 1.807) is 12.1 Å². The maximum Gasteiger partial charge on any atom is 0.258 e. The molecule has 0 radical (unpaired) electrons. The van der Waals surface area contributed by atoms with Crippen LogP contribution in [0.5, 0.6) is 0 Å². The first-order valence-corrected chi connectivity index (χ1v) is 9.03. The summed E-state index contributed by atoms with van der Waals surface area (Å²) >= 11 is 0. The lowest BCUT2D eigenvalue weighted by Gasteiger charge is -2.16. The molecule has 0 saturated heterocycles. The highest BCUT2D eigenvalue weighted by Crippen LogP contribution is 2.18. The number of likely N-dealkylation sites (N-methyl/N-ethyl adjacent to an activating group) is 1. The van der Waals surface area contributed by atoms with Crippen molar-refractivity contribution in [3.05, 3.63) is 82.9 Å². The van der Waals surface area contributed by atoms with Gasteiger partial charge in [0.15, 0.2) is 0 Å². The van der Waals surface area contributed by atoms with Gasteiger partial charge in [-0.1, -0.05) is 42.5 Å². The molecule has 0 spiro atoms. The average Bonchev–Trinajstić information content (AvgIpc) is 2.67. The second-order valence-corrected chi connectivity index (χ2v) is 6.81. The predicted molar refractivity (Wildman–Crippen MR) is 111 cm³/mol. The van der Waals surface area contributed by atoms with Crippen LogP contribution in [0.4, 0.5) is 5.69 Å². The van der Waals surface area contributed by atoms with Gasteiger partial charge in [0.05, 0.1) is 24.0 Å². The van der Waals surface area contributed by atoms with Crippen LogP contribution in [0.15, 0.2) is 71.5 Å². The fraction of sp³-hybridized carbons (Fsp3) is 0.136. The summed E-state index contributed by atoms with van der Waals surface area (Å²) in [6, 6.07) is 21.0. The Hall–Kier alpha value is -3.51. The lowest BCUT2D eigenvalue weighted by Crippen LogP contribution is -2.31. The highest BCUT2D eigenvalue weighted by Gasteiger charge is 2.10. The Morgan fingerprint density at radius 2 is 1.79 bits per heavy atom. The van der Waals surface area contributed by atoms with Gasteiger partial charge in [0.2, 0.25) is 5.91 Å². The Labute approximate surface area is 161 Å². The van der Waals surface area contributed by atoms with Gasteiger partial charge in [-0.15, -0.1) is 0 Å². The van der Waals surface area contributed by atoms with Crippen LogP contribution in [-0.2, 0) is 11.3 Å². The molecule has 2 N–H and O–H groups in total. The van der Waals surface area contributed by atoms with E-state index >= 15 is 0 Å². The average molecular weight is 372 g/mol. The van der Waals surface area contributed by atoms with Crippen LogP contribution in [-0.4, -0.2) is 34.4 Å². The quantitative estimate of drug-likeness (QED) is 0.564. The van der Waals surface area contributed by atoms with E-state index in [1.165, 1.54) is 0 Å². The minimum absolute atomic E-state index is 0.124. The molecule has 1 amide bonds. The molecular weight excluding hydrogens is 352 g/mol. The van der Waals surface area contributed by atoms with Gasteiger partial charge in [-0.2, -0.15) is 0 Å². The van der Waals surface area contributed by atoms with E-state index in [4.69, 9.17) is 0 Å². The van der Waals surface area contributed by atoms with Crippen LogP contribution in [0.2, 0.25) is 0 Å². The van der Waals surface area contributed by atoms with Gasteiger partial charge < -0.3 is 10.3 Å². The van der Waals surface area contributed by atoms with Crippen LogP contribution in [0, 0.1) is 0 Å². The number of hydrogen-bond acceptors (Lipinski definition) is 4. The highest BCUT2D eigenvalue weighted by atomic mass is 16.2. The Bertz CT molecular complexity index is 1220. The zero-order chi connectivity index (χ0) is 19.5. The van der Waals surface area contributed by atoms with Crippen molar-refractivity contribution in [1.82, 2.24) is 14.9 Å². The monoisotopic (exact) mass is 372 g/mol. The highest BCUT2D eigenvalue weighted by molar-refractivity contribution is 5.95. The molecule has 0 aliphatic heterocycles. The summed E-state index contributed by atoms with van der Waals surface area (Å²) in [6.07, 6.45) is 0. The van der Waals surface area contributed by atoms with Crippen LogP contribution in [0.25, 0.3) is 21.7 Å². The van der Waals surface area contributed by atoms with Crippen molar-refractivity contribution < 1.29 is 4.79 Å². The second-order valence-electron chi connectivity index (χ2n) is 6.81. The van der Waals surface area contributed by atoms with Crippen LogP contribution < -0.4 is 10.9 Å². The number of fused-ring (bicyclic) bond motifs is 2. The van der Waals surface area contributed by atoms with Crippen molar-refractivity contribution in [3.8, 4) is 0 Å². The van der Waals surface area contributed by atoms with Crippen LogP contribution in [0.1, 0.15) is 5.82 Å². The summed E-state index contributed by atoms with van der Waals surface area (Å²) < 4.78 is 0. The lowest BCUT2D eigenvalue weighted by atomic mass is 10.1. The molecule has 4 aromatic rings. The van der Waals surface area contributed by atoms with Crippen molar-refractivity contribution in [2.24, 2.45) is 0 Å². The first kappa shape index (κ1) is 17.9. The summed E-state index contributed by atoms with van der Waals surface area (Å²) in [6.45, 7) is 0.550. The molecule has 0 saturated carbocycles.